The number of fused-ring (bicyclic) bond motifs is 3. The molecule has 0 aliphatic heterocycles. The summed E-state index contributed by atoms with van der Waals surface area (Å²) in [6, 6.07) is 12.6. The predicted molar refractivity (Wildman–Crippen MR) is 73.6 cm³/mol. The van der Waals surface area contributed by atoms with Gasteiger partial charge in [-0.1, -0.05) is 52.7 Å². The Morgan fingerprint density at radius 2 is 1.18 bits per heavy atom. The SMILES string of the molecule is [B]C1([B])c2cc(C)ccc2-c2ccc(C)cc21. The van der Waals surface area contributed by atoms with Crippen LogP contribution >= 0.6 is 0 Å². The molecule has 2 heteroatoms. The van der Waals surface area contributed by atoms with Gasteiger partial charge in [-0.3, -0.25) is 0 Å². The van der Waals surface area contributed by atoms with E-state index in [1.54, 1.807) is 0 Å². The molecule has 0 nitrogen and oxygen atoms in total. The maximum absolute atomic E-state index is 6.32. The molecule has 2 aromatic rings. The fourth-order valence-corrected chi connectivity index (χ4v) is 2.62. The minimum atomic E-state index is -0.858. The van der Waals surface area contributed by atoms with Crippen LogP contribution in [0.5, 0.6) is 0 Å². The van der Waals surface area contributed by atoms with Crippen LogP contribution in [0.2, 0.25) is 0 Å². The van der Waals surface area contributed by atoms with Crippen LogP contribution < -0.4 is 0 Å². The van der Waals surface area contributed by atoms with Crippen LogP contribution in [0.3, 0.4) is 0 Å². The molecule has 0 saturated carbocycles. The van der Waals surface area contributed by atoms with Crippen molar-refractivity contribution >= 4 is 15.7 Å². The third kappa shape index (κ3) is 1.40. The van der Waals surface area contributed by atoms with Crippen LogP contribution in [0, 0.1) is 13.8 Å². The third-order valence-corrected chi connectivity index (χ3v) is 3.53. The summed E-state index contributed by atoms with van der Waals surface area (Å²) in [5.41, 5.74) is 6.75. The van der Waals surface area contributed by atoms with E-state index in [0.717, 1.165) is 22.3 Å². The van der Waals surface area contributed by atoms with Crippen LogP contribution in [-0.2, 0) is 5.21 Å². The highest BCUT2D eigenvalue weighted by Crippen LogP contribution is 2.45. The second-order valence-electron chi connectivity index (χ2n) is 4.97. The highest BCUT2D eigenvalue weighted by molar-refractivity contribution is 6.44. The lowest BCUT2D eigenvalue weighted by Gasteiger charge is -2.23. The van der Waals surface area contributed by atoms with Gasteiger partial charge in [0.05, 0.1) is 15.7 Å². The fraction of sp³-hybridized carbons (Fsp3) is 0.200. The van der Waals surface area contributed by atoms with Crippen LogP contribution in [0.15, 0.2) is 36.4 Å². The molecule has 4 radical (unpaired) electrons. The molecule has 1 aliphatic rings. The zero-order valence-electron chi connectivity index (χ0n) is 10.1. The van der Waals surface area contributed by atoms with Gasteiger partial charge in [-0.2, -0.15) is 0 Å². The molecule has 0 heterocycles. The predicted octanol–water partition coefficient (Wildman–Crippen LogP) is 2.82. The molecule has 3 rings (SSSR count). The third-order valence-electron chi connectivity index (χ3n) is 3.53. The highest BCUT2D eigenvalue weighted by atomic mass is 14.3. The van der Waals surface area contributed by atoms with Crippen molar-refractivity contribution in [1.29, 1.82) is 0 Å². The highest BCUT2D eigenvalue weighted by Gasteiger charge is 2.33. The van der Waals surface area contributed by atoms with Crippen molar-refractivity contribution in [3.63, 3.8) is 0 Å². The van der Waals surface area contributed by atoms with E-state index in [-0.39, 0.29) is 0 Å². The average Bonchev–Trinajstić information content (AvgIpc) is 2.49. The number of rotatable bonds is 0. The van der Waals surface area contributed by atoms with Gasteiger partial charge in [0, 0.05) is 0 Å². The van der Waals surface area contributed by atoms with Gasteiger partial charge in [0.1, 0.15) is 0 Å². The van der Waals surface area contributed by atoms with E-state index in [1.165, 1.54) is 11.1 Å². The first-order valence-electron chi connectivity index (χ1n) is 5.80. The molecule has 1 aliphatic carbocycles. The Bertz CT molecular complexity index is 559. The molecule has 0 saturated heterocycles. The van der Waals surface area contributed by atoms with Crippen LogP contribution in [-0.4, -0.2) is 15.7 Å². The summed E-state index contributed by atoms with van der Waals surface area (Å²) >= 11 is 0. The lowest BCUT2D eigenvalue weighted by atomic mass is 9.49. The van der Waals surface area contributed by atoms with Gasteiger partial charge >= 0.3 is 0 Å². The number of benzene rings is 2. The Labute approximate surface area is 105 Å². The van der Waals surface area contributed by atoms with E-state index in [1.807, 2.05) is 0 Å². The molecule has 0 bridgehead atoms. The van der Waals surface area contributed by atoms with Crippen molar-refractivity contribution in [3.05, 3.63) is 58.7 Å². The smallest absolute Gasteiger partial charge is 0.0587 e. The van der Waals surface area contributed by atoms with Gasteiger partial charge in [0.2, 0.25) is 0 Å². The molecule has 0 spiro atoms. The topological polar surface area (TPSA) is 0 Å². The Kier molecular flexibility index (Phi) is 2.07. The quantitative estimate of drug-likeness (QED) is 0.591. The van der Waals surface area contributed by atoms with Gasteiger partial charge < -0.3 is 0 Å². The van der Waals surface area contributed by atoms with Crippen molar-refractivity contribution in [2.24, 2.45) is 0 Å². The Morgan fingerprint density at radius 3 is 1.59 bits per heavy atom. The molecule has 17 heavy (non-hydrogen) atoms. The summed E-state index contributed by atoms with van der Waals surface area (Å²) in [5.74, 6) is 0. The van der Waals surface area contributed by atoms with Gasteiger partial charge in [-0.25, -0.2) is 0 Å². The number of aryl methyl sites for hydroxylation is 2. The summed E-state index contributed by atoms with van der Waals surface area (Å²) in [7, 11) is 12.6. The van der Waals surface area contributed by atoms with Crippen LogP contribution in [0.4, 0.5) is 0 Å². The van der Waals surface area contributed by atoms with Gasteiger partial charge in [-0.15, -0.1) is 0 Å². The summed E-state index contributed by atoms with van der Waals surface area (Å²) in [4.78, 5) is 0. The van der Waals surface area contributed by atoms with E-state index in [2.05, 4.69) is 50.2 Å². The zero-order valence-corrected chi connectivity index (χ0v) is 10.1. The molecule has 0 unspecified atom stereocenters. The maximum Gasteiger partial charge on any atom is 0.0745 e. The first-order valence-corrected chi connectivity index (χ1v) is 5.80. The second-order valence-corrected chi connectivity index (χ2v) is 4.97. The monoisotopic (exact) mass is 214 g/mol. The first kappa shape index (κ1) is 10.7. The van der Waals surface area contributed by atoms with Crippen LogP contribution in [0.25, 0.3) is 11.1 Å². The minimum Gasteiger partial charge on any atom is -0.0587 e. The van der Waals surface area contributed by atoms with Crippen molar-refractivity contribution in [2.75, 3.05) is 0 Å². The Morgan fingerprint density at radius 1 is 0.765 bits per heavy atom. The molecular formula is C15H12B2. The fourth-order valence-electron chi connectivity index (χ4n) is 2.62. The number of hydrogen-bond acceptors (Lipinski definition) is 0. The maximum atomic E-state index is 6.32. The van der Waals surface area contributed by atoms with Crippen molar-refractivity contribution in [3.8, 4) is 11.1 Å². The first-order chi connectivity index (χ1) is 8.00. The molecule has 0 atom stereocenters. The van der Waals surface area contributed by atoms with E-state index in [0.29, 0.717) is 0 Å². The van der Waals surface area contributed by atoms with Gasteiger partial charge in [0.15, 0.2) is 0 Å². The van der Waals surface area contributed by atoms with Crippen molar-refractivity contribution in [2.45, 2.75) is 19.1 Å². The largest absolute Gasteiger partial charge is 0.0745 e. The van der Waals surface area contributed by atoms with Gasteiger partial charge in [-0.05, 0) is 36.1 Å². The minimum absolute atomic E-state index is 0.858. The molecule has 2 aromatic carbocycles. The molecular weight excluding hydrogens is 202 g/mol. The molecule has 0 amide bonds. The van der Waals surface area contributed by atoms with Crippen LogP contribution in [0.1, 0.15) is 22.3 Å². The summed E-state index contributed by atoms with van der Waals surface area (Å²) in [6.07, 6.45) is 0. The lowest BCUT2D eigenvalue weighted by molar-refractivity contribution is 1.07. The number of hydrogen-bond donors (Lipinski definition) is 0. The van der Waals surface area contributed by atoms with Crippen molar-refractivity contribution in [1.82, 2.24) is 0 Å². The van der Waals surface area contributed by atoms with E-state index < -0.39 is 5.21 Å². The molecule has 78 valence electrons. The average molecular weight is 214 g/mol. The van der Waals surface area contributed by atoms with E-state index in [9.17, 15) is 0 Å². The summed E-state index contributed by atoms with van der Waals surface area (Å²) < 4.78 is 0. The molecule has 0 fully saturated rings. The normalized spacial score (nSPS) is 15.4. The summed E-state index contributed by atoms with van der Waals surface area (Å²) in [6.45, 7) is 4.12. The Balaban J connectivity index is 2.37. The summed E-state index contributed by atoms with van der Waals surface area (Å²) in [5, 5.41) is -0.858. The zero-order chi connectivity index (χ0) is 12.2. The standard InChI is InChI=1S/C15H12B2/c1-9-3-5-11-12-6-4-10(2)8-14(12)15(16,17)13(11)7-9/h3-8H,1-2H3. The van der Waals surface area contributed by atoms with Crippen molar-refractivity contribution < 1.29 is 0 Å². The Hall–Kier alpha value is -1.43. The van der Waals surface area contributed by atoms with E-state index >= 15 is 0 Å². The molecule has 0 N–H and O–H groups in total. The molecule has 0 aromatic heterocycles. The second kappa shape index (κ2) is 3.29. The van der Waals surface area contributed by atoms with E-state index in [4.69, 9.17) is 15.7 Å². The lowest BCUT2D eigenvalue weighted by Crippen LogP contribution is -2.25. The van der Waals surface area contributed by atoms with Gasteiger partial charge in [0.25, 0.3) is 0 Å².